The number of benzene rings is 2. The van der Waals surface area contributed by atoms with Gasteiger partial charge in [-0.05, 0) is 63.7 Å². The van der Waals surface area contributed by atoms with E-state index in [1.807, 2.05) is 6.07 Å². The Labute approximate surface area is 145 Å². The Bertz CT molecular complexity index is 566. The van der Waals surface area contributed by atoms with Gasteiger partial charge in [-0.25, -0.2) is 0 Å². The van der Waals surface area contributed by atoms with Gasteiger partial charge in [-0.3, -0.25) is 0 Å². The number of hydrogen-bond acceptors (Lipinski definition) is 1. The minimum Gasteiger partial charge on any atom is -0.496 e. The van der Waals surface area contributed by atoms with Crippen LogP contribution >= 0.6 is 47.8 Å². The normalized spacial score (nSPS) is 12.2. The number of halogens is 3. The molecule has 1 nitrogen and oxygen atoms in total. The molecule has 0 saturated carbocycles. The lowest BCUT2D eigenvalue weighted by molar-refractivity contribution is 0.412. The molecule has 2 aromatic rings. The van der Waals surface area contributed by atoms with Crippen molar-refractivity contribution in [2.75, 3.05) is 12.4 Å². The molecule has 0 aliphatic rings. The molecule has 1 unspecified atom stereocenters. The molecule has 0 aliphatic heterocycles. The molecule has 2 aromatic carbocycles. The zero-order valence-corrected chi connectivity index (χ0v) is 15.8. The van der Waals surface area contributed by atoms with E-state index >= 15 is 0 Å². The Kier molecular flexibility index (Phi) is 6.12. The Morgan fingerprint density at radius 1 is 1.05 bits per heavy atom. The summed E-state index contributed by atoms with van der Waals surface area (Å²) >= 11 is 10.6. The van der Waals surface area contributed by atoms with E-state index in [0.29, 0.717) is 5.92 Å². The second-order valence-corrected chi connectivity index (χ2v) is 6.99. The fourth-order valence-electron chi connectivity index (χ4n) is 2.12. The van der Waals surface area contributed by atoms with Crippen molar-refractivity contribution in [2.45, 2.75) is 12.3 Å². The highest BCUT2D eigenvalue weighted by Gasteiger charge is 2.12. The van der Waals surface area contributed by atoms with Crippen molar-refractivity contribution in [1.29, 1.82) is 0 Å². The van der Waals surface area contributed by atoms with Crippen LogP contribution in [-0.2, 0) is 6.42 Å². The third-order valence-electron chi connectivity index (χ3n) is 3.23. The molecule has 4 heteroatoms. The van der Waals surface area contributed by atoms with Gasteiger partial charge in [0.2, 0.25) is 0 Å². The molecule has 0 N–H and O–H groups in total. The molecule has 0 saturated heterocycles. The van der Waals surface area contributed by atoms with Crippen LogP contribution in [0.1, 0.15) is 17.0 Å². The van der Waals surface area contributed by atoms with Crippen molar-refractivity contribution in [3.05, 3.63) is 62.5 Å². The maximum Gasteiger partial charge on any atom is 0.133 e. The molecule has 0 amide bonds. The maximum absolute atomic E-state index is 5.27. The van der Waals surface area contributed by atoms with E-state index in [2.05, 4.69) is 84.2 Å². The summed E-state index contributed by atoms with van der Waals surface area (Å²) in [4.78, 5) is 0. The van der Waals surface area contributed by atoms with Crippen molar-refractivity contribution < 1.29 is 4.74 Å². The summed E-state index contributed by atoms with van der Waals surface area (Å²) in [6, 6.07) is 14.8. The average molecular weight is 463 g/mol. The van der Waals surface area contributed by atoms with Crippen LogP contribution in [-0.4, -0.2) is 12.4 Å². The lowest BCUT2D eigenvalue weighted by Gasteiger charge is -2.15. The van der Waals surface area contributed by atoms with Crippen LogP contribution in [0, 0.1) is 0 Å². The van der Waals surface area contributed by atoms with E-state index in [1.54, 1.807) is 7.11 Å². The lowest BCUT2D eigenvalue weighted by Crippen LogP contribution is -2.04. The van der Waals surface area contributed by atoms with Crippen molar-refractivity contribution >= 4 is 47.8 Å². The van der Waals surface area contributed by atoms with Gasteiger partial charge in [0.25, 0.3) is 0 Å². The molecular formula is C16H15Br3O. The number of hydrogen-bond donors (Lipinski definition) is 0. The summed E-state index contributed by atoms with van der Waals surface area (Å²) in [7, 11) is 1.68. The summed E-state index contributed by atoms with van der Waals surface area (Å²) in [5, 5.41) is 0.943. The van der Waals surface area contributed by atoms with Gasteiger partial charge in [-0.1, -0.05) is 50.1 Å². The summed E-state index contributed by atoms with van der Waals surface area (Å²) in [6.45, 7) is 0. The van der Waals surface area contributed by atoms with Gasteiger partial charge in [0.1, 0.15) is 5.75 Å². The Hall–Kier alpha value is -0.320. The predicted octanol–water partition coefficient (Wildman–Crippen LogP) is 5.94. The Morgan fingerprint density at radius 3 is 2.30 bits per heavy atom. The average Bonchev–Trinajstić information content (AvgIpc) is 2.46. The van der Waals surface area contributed by atoms with Crippen LogP contribution < -0.4 is 4.74 Å². The minimum atomic E-state index is 0.461. The summed E-state index contributed by atoms with van der Waals surface area (Å²) in [5.41, 5.74) is 2.64. The van der Waals surface area contributed by atoms with Crippen LogP contribution in [0.2, 0.25) is 0 Å². The van der Waals surface area contributed by atoms with Crippen LogP contribution in [0.15, 0.2) is 51.4 Å². The zero-order chi connectivity index (χ0) is 14.5. The molecule has 0 aromatic heterocycles. The van der Waals surface area contributed by atoms with Gasteiger partial charge < -0.3 is 4.74 Å². The first-order valence-corrected chi connectivity index (χ1v) is 8.98. The quantitative estimate of drug-likeness (QED) is 0.499. The molecule has 0 aliphatic carbocycles. The fraction of sp³-hybridized carbons (Fsp3) is 0.250. The number of ether oxygens (including phenoxy) is 1. The number of rotatable bonds is 5. The number of methoxy groups -OCH3 is 1. The molecular weight excluding hydrogens is 448 g/mol. The van der Waals surface area contributed by atoms with Crippen molar-refractivity contribution in [2.24, 2.45) is 0 Å². The summed E-state index contributed by atoms with van der Waals surface area (Å²) < 4.78 is 7.38. The molecule has 0 bridgehead atoms. The Morgan fingerprint density at radius 2 is 1.75 bits per heavy atom. The van der Waals surface area contributed by atoms with E-state index in [9.17, 15) is 0 Å². The van der Waals surface area contributed by atoms with E-state index < -0.39 is 0 Å². The third-order valence-corrected chi connectivity index (χ3v) is 5.16. The molecule has 0 spiro atoms. The van der Waals surface area contributed by atoms with E-state index in [4.69, 9.17) is 4.74 Å². The molecule has 2 rings (SSSR count). The monoisotopic (exact) mass is 460 g/mol. The highest BCUT2D eigenvalue weighted by molar-refractivity contribution is 9.11. The van der Waals surface area contributed by atoms with Gasteiger partial charge in [-0.2, -0.15) is 0 Å². The lowest BCUT2D eigenvalue weighted by atomic mass is 9.94. The summed E-state index contributed by atoms with van der Waals surface area (Å²) in [6.07, 6.45) is 0.996. The van der Waals surface area contributed by atoms with Crippen LogP contribution in [0.4, 0.5) is 0 Å². The highest BCUT2D eigenvalue weighted by Crippen LogP contribution is 2.29. The molecule has 0 fully saturated rings. The topological polar surface area (TPSA) is 9.23 Å². The first-order chi connectivity index (χ1) is 9.63. The molecule has 106 valence electrons. The van der Waals surface area contributed by atoms with Crippen molar-refractivity contribution in [3.63, 3.8) is 0 Å². The van der Waals surface area contributed by atoms with Crippen LogP contribution in [0.25, 0.3) is 0 Å². The molecule has 1 atom stereocenters. The largest absolute Gasteiger partial charge is 0.496 e. The van der Waals surface area contributed by atoms with Crippen molar-refractivity contribution in [3.8, 4) is 5.75 Å². The minimum absolute atomic E-state index is 0.461. The van der Waals surface area contributed by atoms with Gasteiger partial charge in [0.05, 0.1) is 11.6 Å². The van der Waals surface area contributed by atoms with Crippen LogP contribution in [0.3, 0.4) is 0 Å². The predicted molar refractivity (Wildman–Crippen MR) is 95.1 cm³/mol. The molecule has 0 heterocycles. The molecule has 0 radical (unpaired) electrons. The van der Waals surface area contributed by atoms with Crippen LogP contribution in [0.5, 0.6) is 5.75 Å². The second-order valence-electron chi connectivity index (χ2n) is 4.58. The van der Waals surface area contributed by atoms with Gasteiger partial charge >= 0.3 is 0 Å². The highest BCUT2D eigenvalue weighted by atomic mass is 79.9. The van der Waals surface area contributed by atoms with Gasteiger partial charge in [0.15, 0.2) is 0 Å². The maximum atomic E-state index is 5.27. The van der Waals surface area contributed by atoms with Gasteiger partial charge in [0, 0.05) is 9.80 Å². The third kappa shape index (κ3) is 4.09. The zero-order valence-electron chi connectivity index (χ0n) is 11.1. The van der Waals surface area contributed by atoms with E-state index in [-0.39, 0.29) is 0 Å². The standard InChI is InChI=1S/C16H15Br3O/c1-20-16-7-2-11(9-15(16)19)8-13(10-17)12-3-5-14(18)6-4-12/h2-7,9,13H,8,10H2,1H3. The first kappa shape index (κ1) is 16.1. The van der Waals surface area contributed by atoms with Crippen molar-refractivity contribution in [1.82, 2.24) is 0 Å². The first-order valence-electron chi connectivity index (χ1n) is 6.28. The van der Waals surface area contributed by atoms with E-state index in [0.717, 1.165) is 26.4 Å². The van der Waals surface area contributed by atoms with E-state index in [1.165, 1.54) is 11.1 Å². The smallest absolute Gasteiger partial charge is 0.133 e. The second kappa shape index (κ2) is 7.62. The SMILES string of the molecule is COc1ccc(CC(CBr)c2ccc(Br)cc2)cc1Br. The summed E-state index contributed by atoms with van der Waals surface area (Å²) in [5.74, 6) is 1.33. The Balaban J connectivity index is 2.17. The fourth-order valence-corrected chi connectivity index (χ4v) is 3.57. The van der Waals surface area contributed by atoms with Gasteiger partial charge in [-0.15, -0.1) is 0 Å². The number of alkyl halides is 1. The molecule has 20 heavy (non-hydrogen) atoms.